The first-order valence-corrected chi connectivity index (χ1v) is 14.7. The summed E-state index contributed by atoms with van der Waals surface area (Å²) in [6, 6.07) is 16.5. The fourth-order valence-electron chi connectivity index (χ4n) is 5.35. The monoisotopic (exact) mass is 554 g/mol. The Labute approximate surface area is 232 Å². The maximum Gasteiger partial charge on any atom is 0.269 e. The highest BCUT2D eigenvalue weighted by atomic mass is 32.2. The van der Waals surface area contributed by atoms with Gasteiger partial charge in [0.15, 0.2) is 5.65 Å². The highest BCUT2D eigenvalue weighted by molar-refractivity contribution is 7.90. The second-order valence-corrected chi connectivity index (χ2v) is 12.1. The first-order chi connectivity index (χ1) is 19.2. The van der Waals surface area contributed by atoms with Crippen molar-refractivity contribution in [3.8, 4) is 11.1 Å². The van der Waals surface area contributed by atoms with Crippen LogP contribution in [-0.2, 0) is 14.8 Å². The summed E-state index contributed by atoms with van der Waals surface area (Å²) in [5, 5.41) is 5.17. The average molecular weight is 555 g/mol. The zero-order valence-electron chi connectivity index (χ0n) is 22.3. The van der Waals surface area contributed by atoms with E-state index >= 15 is 0 Å². The number of rotatable bonds is 5. The van der Waals surface area contributed by atoms with Crippen molar-refractivity contribution in [3.63, 3.8) is 0 Å². The molecular formula is C30H30N6O3S. The number of nitrogens with zero attached hydrogens (tertiary/aromatic N) is 4. The number of likely N-dealkylation sites (tertiary alicyclic amines) is 1. The van der Waals surface area contributed by atoms with E-state index in [-0.39, 0.29) is 16.8 Å². The molecule has 0 radical (unpaired) electrons. The minimum absolute atomic E-state index is 0.0926. The summed E-state index contributed by atoms with van der Waals surface area (Å²) < 4.78 is 28.6. The number of benzene rings is 2. The Balaban J connectivity index is 1.43. The molecule has 6 rings (SSSR count). The van der Waals surface area contributed by atoms with Crippen molar-refractivity contribution in [3.05, 3.63) is 78.8 Å². The molecule has 4 heterocycles. The Kier molecular flexibility index (Phi) is 6.42. The van der Waals surface area contributed by atoms with Crippen molar-refractivity contribution < 1.29 is 13.2 Å². The number of hydrogen-bond acceptors (Lipinski definition) is 7. The smallest absolute Gasteiger partial charge is 0.269 e. The number of anilines is 2. The van der Waals surface area contributed by atoms with E-state index in [9.17, 15) is 13.2 Å². The predicted octanol–water partition coefficient (Wildman–Crippen LogP) is 4.80. The van der Waals surface area contributed by atoms with Crippen molar-refractivity contribution >= 4 is 49.2 Å². The van der Waals surface area contributed by atoms with Crippen molar-refractivity contribution in [1.29, 1.82) is 0 Å². The van der Waals surface area contributed by atoms with Gasteiger partial charge in [0.05, 0.1) is 28.0 Å². The van der Waals surface area contributed by atoms with Crippen molar-refractivity contribution in [2.24, 2.45) is 0 Å². The Morgan fingerprint density at radius 3 is 2.50 bits per heavy atom. The van der Waals surface area contributed by atoms with Gasteiger partial charge in [-0.1, -0.05) is 23.8 Å². The number of piperidine rings is 1. The fourth-order valence-corrected chi connectivity index (χ4v) is 6.67. The Bertz CT molecular complexity index is 1860. The lowest BCUT2D eigenvalue weighted by Crippen LogP contribution is -2.41. The van der Waals surface area contributed by atoms with Crippen molar-refractivity contribution in [2.45, 2.75) is 37.6 Å². The van der Waals surface area contributed by atoms with Gasteiger partial charge >= 0.3 is 0 Å². The van der Waals surface area contributed by atoms with Gasteiger partial charge < -0.3 is 16.0 Å². The molecule has 2 aromatic carbocycles. The van der Waals surface area contributed by atoms with E-state index in [4.69, 9.17) is 5.73 Å². The molecule has 3 N–H and O–H groups in total. The van der Waals surface area contributed by atoms with Gasteiger partial charge in [-0.05, 0) is 61.7 Å². The molecule has 9 nitrogen and oxygen atoms in total. The molecule has 0 atom stereocenters. The molecule has 1 aliphatic heterocycles. The molecule has 1 aliphatic rings. The molecule has 0 bridgehead atoms. The van der Waals surface area contributed by atoms with Gasteiger partial charge in [0.2, 0.25) is 5.91 Å². The highest BCUT2D eigenvalue weighted by Crippen LogP contribution is 2.37. The summed E-state index contributed by atoms with van der Waals surface area (Å²) in [5.41, 5.74) is 11.4. The molecule has 1 amide bonds. The van der Waals surface area contributed by atoms with Gasteiger partial charge in [-0.15, -0.1) is 0 Å². The standard InChI is InChI=1S/C30H30N6O3S/c1-19-5-8-23(9-6-19)40(38,39)36-18-26(24-4-3-13-32-30(24)36)21-7-10-28-25(16-21)29(27(31)17-33-28)34-22-11-14-35(15-12-22)20(2)37/h3-10,13,16-18,22H,11-12,14-15,31H2,1-2H3,(H,33,34). The average Bonchev–Trinajstić information content (AvgIpc) is 3.35. The minimum Gasteiger partial charge on any atom is -0.396 e. The second kappa shape index (κ2) is 9.95. The number of hydrogen-bond donors (Lipinski definition) is 2. The van der Waals surface area contributed by atoms with Gasteiger partial charge in [-0.25, -0.2) is 17.4 Å². The molecule has 0 saturated carbocycles. The summed E-state index contributed by atoms with van der Waals surface area (Å²) in [5.74, 6) is 0.0926. The van der Waals surface area contributed by atoms with Crippen LogP contribution in [0.3, 0.4) is 0 Å². The summed E-state index contributed by atoms with van der Waals surface area (Å²) in [7, 11) is -3.88. The summed E-state index contributed by atoms with van der Waals surface area (Å²) in [4.78, 5) is 22.8. The zero-order chi connectivity index (χ0) is 28.0. The van der Waals surface area contributed by atoms with E-state index in [1.807, 2.05) is 36.1 Å². The number of aromatic nitrogens is 3. The number of nitrogens with one attached hydrogen (secondary N) is 1. The third kappa shape index (κ3) is 4.54. The van der Waals surface area contributed by atoms with Gasteiger partial charge in [0.1, 0.15) is 0 Å². The highest BCUT2D eigenvalue weighted by Gasteiger charge is 2.24. The Hall–Kier alpha value is -4.44. The molecule has 0 spiro atoms. The molecule has 3 aromatic heterocycles. The normalized spacial score (nSPS) is 14.6. The first-order valence-electron chi connectivity index (χ1n) is 13.2. The Morgan fingerprint density at radius 1 is 1.02 bits per heavy atom. The van der Waals surface area contributed by atoms with Crippen LogP contribution in [0.25, 0.3) is 33.1 Å². The third-order valence-corrected chi connectivity index (χ3v) is 9.27. The van der Waals surface area contributed by atoms with Gasteiger partial charge in [-0.3, -0.25) is 9.78 Å². The maximum absolute atomic E-state index is 13.7. The SMILES string of the molecule is CC(=O)N1CCC(Nc2c(N)cnc3ccc(-c4cn(S(=O)(=O)c5ccc(C)cc5)c5ncccc45)cc23)CC1. The second-order valence-electron chi connectivity index (χ2n) is 10.3. The van der Waals surface area contributed by atoms with E-state index in [1.165, 1.54) is 3.97 Å². The molecule has 1 saturated heterocycles. The number of nitrogens with two attached hydrogens (primary N) is 1. The molecule has 204 valence electrons. The lowest BCUT2D eigenvalue weighted by atomic mass is 10.0. The lowest BCUT2D eigenvalue weighted by Gasteiger charge is -2.32. The molecular weight excluding hydrogens is 524 g/mol. The minimum atomic E-state index is -3.88. The molecule has 0 aliphatic carbocycles. The van der Waals surface area contributed by atoms with Crippen molar-refractivity contribution in [1.82, 2.24) is 18.8 Å². The predicted molar refractivity (Wildman–Crippen MR) is 158 cm³/mol. The largest absolute Gasteiger partial charge is 0.396 e. The molecule has 40 heavy (non-hydrogen) atoms. The van der Waals surface area contributed by atoms with Crippen LogP contribution >= 0.6 is 0 Å². The van der Waals surface area contributed by atoms with Crippen LogP contribution in [0.15, 0.2) is 78.1 Å². The van der Waals surface area contributed by atoms with E-state index < -0.39 is 10.0 Å². The van der Waals surface area contributed by atoms with Crippen LogP contribution in [0.1, 0.15) is 25.3 Å². The summed E-state index contributed by atoms with van der Waals surface area (Å²) in [6.45, 7) is 4.91. The first kappa shape index (κ1) is 25.8. The molecule has 10 heteroatoms. The molecule has 0 unspecified atom stereocenters. The summed E-state index contributed by atoms with van der Waals surface area (Å²) >= 11 is 0. The number of fused-ring (bicyclic) bond motifs is 2. The quantitative estimate of drug-likeness (QED) is 0.320. The van der Waals surface area contributed by atoms with Gasteiger partial charge in [-0.2, -0.15) is 0 Å². The zero-order valence-corrected chi connectivity index (χ0v) is 23.1. The number of amides is 1. The van der Waals surface area contributed by atoms with Crippen LogP contribution in [0.4, 0.5) is 11.4 Å². The topological polar surface area (TPSA) is 123 Å². The van der Waals surface area contributed by atoms with Crippen LogP contribution in [-0.4, -0.2) is 52.3 Å². The molecule has 1 fully saturated rings. The van der Waals surface area contributed by atoms with Gasteiger partial charge in [0, 0.05) is 54.8 Å². The lowest BCUT2D eigenvalue weighted by molar-refractivity contribution is -0.129. The van der Waals surface area contributed by atoms with Crippen LogP contribution in [0.5, 0.6) is 0 Å². The van der Waals surface area contributed by atoms with E-state index in [2.05, 4.69) is 15.3 Å². The molecule has 5 aromatic rings. The van der Waals surface area contributed by atoms with Gasteiger partial charge in [0.25, 0.3) is 10.0 Å². The number of nitrogen functional groups attached to an aromatic ring is 1. The number of aryl methyl sites for hydroxylation is 1. The van der Waals surface area contributed by atoms with Crippen LogP contribution in [0.2, 0.25) is 0 Å². The maximum atomic E-state index is 13.7. The van der Waals surface area contributed by atoms with E-state index in [0.717, 1.165) is 51.5 Å². The number of carbonyl (C=O) groups is 1. The van der Waals surface area contributed by atoms with Crippen molar-refractivity contribution in [2.75, 3.05) is 24.1 Å². The number of carbonyl (C=O) groups excluding carboxylic acids is 1. The summed E-state index contributed by atoms with van der Waals surface area (Å²) in [6.07, 6.45) is 6.52. The van der Waals surface area contributed by atoms with E-state index in [0.29, 0.717) is 24.4 Å². The third-order valence-electron chi connectivity index (χ3n) is 7.61. The van der Waals surface area contributed by atoms with E-state index in [1.54, 1.807) is 55.8 Å². The fraction of sp³-hybridized carbons (Fsp3) is 0.233. The number of pyridine rings is 2. The van der Waals surface area contributed by atoms with Crippen LogP contribution in [0, 0.1) is 6.92 Å². The van der Waals surface area contributed by atoms with Crippen LogP contribution < -0.4 is 11.1 Å². The Morgan fingerprint density at radius 2 is 1.77 bits per heavy atom.